The lowest BCUT2D eigenvalue weighted by atomic mass is 10.3. The van der Waals surface area contributed by atoms with E-state index in [2.05, 4.69) is 26.0 Å². The number of rotatable bonds is 5. The Hall–Kier alpha value is -2.86. The minimum atomic E-state index is -4.45. The summed E-state index contributed by atoms with van der Waals surface area (Å²) >= 11 is 3.33. The summed E-state index contributed by atoms with van der Waals surface area (Å²) in [6.07, 6.45) is 3.23. The van der Waals surface area contributed by atoms with Crippen molar-refractivity contribution in [2.75, 3.05) is 0 Å². The lowest BCUT2D eigenvalue weighted by Gasteiger charge is -2.06. The van der Waals surface area contributed by atoms with Crippen molar-refractivity contribution < 1.29 is 17.7 Å². The molecule has 2 heterocycles. The lowest BCUT2D eigenvalue weighted by molar-refractivity contribution is -0.385. The molecule has 12 heteroatoms. The molecule has 0 aliphatic heterocycles. The maximum atomic E-state index is 13.9. The van der Waals surface area contributed by atoms with Gasteiger partial charge in [0.25, 0.3) is 15.7 Å². The van der Waals surface area contributed by atoms with E-state index in [1.165, 1.54) is 13.1 Å². The average molecular weight is 456 g/mol. The van der Waals surface area contributed by atoms with Gasteiger partial charge in [-0.05, 0) is 41.1 Å². The van der Waals surface area contributed by atoms with Crippen molar-refractivity contribution in [2.45, 2.75) is 11.8 Å². The molecule has 0 saturated carbocycles. The van der Waals surface area contributed by atoms with Gasteiger partial charge in [0.05, 0.1) is 22.5 Å². The highest BCUT2D eigenvalue weighted by molar-refractivity contribution is 9.10. The minimum Gasteiger partial charge on any atom is -0.297 e. The van der Waals surface area contributed by atoms with E-state index >= 15 is 0 Å². The van der Waals surface area contributed by atoms with E-state index in [1.54, 1.807) is 22.7 Å². The number of imidazole rings is 1. The van der Waals surface area contributed by atoms with Crippen LogP contribution in [0.4, 0.5) is 10.1 Å². The van der Waals surface area contributed by atoms with E-state index in [0.29, 0.717) is 23.5 Å². The Morgan fingerprint density at radius 1 is 1.37 bits per heavy atom. The van der Waals surface area contributed by atoms with Crippen molar-refractivity contribution in [3.63, 3.8) is 0 Å². The molecule has 0 fully saturated rings. The lowest BCUT2D eigenvalue weighted by Crippen LogP contribution is -2.21. The Labute approximate surface area is 160 Å². The van der Waals surface area contributed by atoms with Crippen molar-refractivity contribution in [3.8, 4) is 0 Å². The molecule has 0 amide bonds. The Balaban J connectivity index is 1.95. The second kappa shape index (κ2) is 7.04. The van der Waals surface area contributed by atoms with Crippen LogP contribution in [0.5, 0.6) is 0 Å². The zero-order chi connectivity index (χ0) is 19.8. The summed E-state index contributed by atoms with van der Waals surface area (Å²) in [5, 5.41) is 14.6. The van der Waals surface area contributed by atoms with Crippen LogP contribution in [-0.2, 0) is 10.0 Å². The first-order valence-corrected chi connectivity index (χ1v) is 9.59. The van der Waals surface area contributed by atoms with E-state index in [9.17, 15) is 22.9 Å². The van der Waals surface area contributed by atoms with Crippen LogP contribution < -0.4 is 4.83 Å². The van der Waals surface area contributed by atoms with Crippen LogP contribution >= 0.6 is 15.9 Å². The topological polar surface area (TPSA) is 119 Å². The number of fused-ring (bicyclic) bond motifs is 1. The highest BCUT2D eigenvalue weighted by atomic mass is 79.9. The Morgan fingerprint density at radius 2 is 2.11 bits per heavy atom. The van der Waals surface area contributed by atoms with Crippen LogP contribution in [0.3, 0.4) is 0 Å². The number of hydrogen-bond donors (Lipinski definition) is 1. The van der Waals surface area contributed by atoms with Crippen LogP contribution in [0.1, 0.15) is 12.6 Å². The molecule has 3 aromatic rings. The normalized spacial score (nSPS) is 12.3. The SMILES string of the molecule is C/C(=N/NS(=O)(=O)c1cc([N+](=O)[O-])ccc1F)c1cnc2ccc(Br)cn12. The quantitative estimate of drug-likeness (QED) is 0.360. The molecule has 0 atom stereocenters. The number of pyridine rings is 1. The maximum Gasteiger partial charge on any atom is 0.279 e. The first-order valence-electron chi connectivity index (χ1n) is 7.32. The van der Waals surface area contributed by atoms with Crippen molar-refractivity contribution in [1.29, 1.82) is 0 Å². The molecule has 3 rings (SSSR count). The monoisotopic (exact) mass is 455 g/mol. The third-order valence-corrected chi connectivity index (χ3v) is 5.28. The van der Waals surface area contributed by atoms with Gasteiger partial charge in [0.1, 0.15) is 16.4 Å². The van der Waals surface area contributed by atoms with Gasteiger partial charge in [-0.1, -0.05) is 0 Å². The molecule has 27 heavy (non-hydrogen) atoms. The van der Waals surface area contributed by atoms with Gasteiger partial charge in [0.2, 0.25) is 0 Å². The standard InChI is InChI=1S/C15H11BrFN5O4S/c1-9(13-7-18-15-5-2-10(16)8-21(13)15)19-20-27(25,26)14-6-11(22(23)24)3-4-12(14)17/h2-8,20H,1H3/b19-9-. The van der Waals surface area contributed by atoms with E-state index in [4.69, 9.17) is 0 Å². The summed E-state index contributed by atoms with van der Waals surface area (Å²) in [5.41, 5.74) is 0.836. The number of nitro groups is 1. The Kier molecular flexibility index (Phi) is 4.93. The number of hydrazone groups is 1. The summed E-state index contributed by atoms with van der Waals surface area (Å²) in [4.78, 5) is 15.2. The molecule has 0 spiro atoms. The zero-order valence-corrected chi connectivity index (χ0v) is 16.0. The number of aromatic nitrogens is 2. The van der Waals surface area contributed by atoms with E-state index in [1.807, 2.05) is 4.83 Å². The van der Waals surface area contributed by atoms with Gasteiger partial charge in [-0.2, -0.15) is 18.4 Å². The fraction of sp³-hybridized carbons (Fsp3) is 0.0667. The third kappa shape index (κ3) is 3.80. The molecule has 0 saturated heterocycles. The van der Waals surface area contributed by atoms with E-state index in [-0.39, 0.29) is 5.71 Å². The minimum absolute atomic E-state index is 0.259. The second-order valence-electron chi connectivity index (χ2n) is 5.38. The van der Waals surface area contributed by atoms with Gasteiger partial charge in [0.15, 0.2) is 0 Å². The smallest absolute Gasteiger partial charge is 0.279 e. The molecular formula is C15H11BrFN5O4S. The number of halogens is 2. The molecule has 2 aromatic heterocycles. The predicted octanol–water partition coefficient (Wildman–Crippen LogP) is 2.85. The number of nitrogens with one attached hydrogen (secondary N) is 1. The van der Waals surface area contributed by atoms with Crippen LogP contribution in [0.15, 0.2) is 57.2 Å². The van der Waals surface area contributed by atoms with Crippen LogP contribution in [0.2, 0.25) is 0 Å². The summed E-state index contributed by atoms with van der Waals surface area (Å²) in [7, 11) is -4.45. The largest absolute Gasteiger partial charge is 0.297 e. The number of nitro benzene ring substituents is 1. The summed E-state index contributed by atoms with van der Waals surface area (Å²) in [6, 6.07) is 5.77. The van der Waals surface area contributed by atoms with Crippen molar-refractivity contribution >= 4 is 43.0 Å². The molecule has 0 bridgehead atoms. The number of hydrogen-bond acceptors (Lipinski definition) is 6. The first kappa shape index (κ1) is 18.9. The maximum absolute atomic E-state index is 13.9. The Bertz CT molecular complexity index is 1190. The number of nitrogens with zero attached hydrogens (tertiary/aromatic N) is 4. The van der Waals surface area contributed by atoms with Crippen LogP contribution in [0.25, 0.3) is 5.65 Å². The first-order chi connectivity index (χ1) is 12.7. The molecule has 1 aromatic carbocycles. The van der Waals surface area contributed by atoms with Gasteiger partial charge in [-0.25, -0.2) is 9.37 Å². The molecule has 9 nitrogen and oxygen atoms in total. The molecule has 0 unspecified atom stereocenters. The van der Waals surface area contributed by atoms with Gasteiger partial charge in [-0.15, -0.1) is 0 Å². The Morgan fingerprint density at radius 3 is 2.81 bits per heavy atom. The fourth-order valence-electron chi connectivity index (χ4n) is 2.27. The summed E-state index contributed by atoms with van der Waals surface area (Å²) in [6.45, 7) is 1.54. The highest BCUT2D eigenvalue weighted by Gasteiger charge is 2.22. The van der Waals surface area contributed by atoms with Crippen molar-refractivity contribution in [1.82, 2.24) is 14.2 Å². The number of benzene rings is 1. The zero-order valence-electron chi connectivity index (χ0n) is 13.6. The van der Waals surface area contributed by atoms with Crippen molar-refractivity contribution in [2.24, 2.45) is 5.10 Å². The molecule has 1 N–H and O–H groups in total. The fourth-order valence-corrected chi connectivity index (χ4v) is 3.56. The number of non-ortho nitro benzene ring substituents is 1. The van der Waals surface area contributed by atoms with Gasteiger partial charge in [0, 0.05) is 22.8 Å². The van der Waals surface area contributed by atoms with Crippen LogP contribution in [0, 0.1) is 15.9 Å². The third-order valence-electron chi connectivity index (χ3n) is 3.59. The molecular weight excluding hydrogens is 445 g/mol. The molecule has 0 aliphatic carbocycles. The van der Waals surface area contributed by atoms with E-state index in [0.717, 1.165) is 10.5 Å². The highest BCUT2D eigenvalue weighted by Crippen LogP contribution is 2.21. The van der Waals surface area contributed by atoms with Gasteiger partial charge >= 0.3 is 0 Å². The summed E-state index contributed by atoms with van der Waals surface area (Å²) in [5.74, 6) is -1.13. The summed E-state index contributed by atoms with van der Waals surface area (Å²) < 4.78 is 41.0. The molecule has 0 aliphatic rings. The molecule has 140 valence electrons. The van der Waals surface area contributed by atoms with Gasteiger partial charge < -0.3 is 0 Å². The van der Waals surface area contributed by atoms with E-state index < -0.39 is 31.3 Å². The second-order valence-corrected chi connectivity index (χ2v) is 7.93. The van der Waals surface area contributed by atoms with Gasteiger partial charge in [-0.3, -0.25) is 14.5 Å². The molecule has 0 radical (unpaired) electrons. The number of sulfonamides is 1. The van der Waals surface area contributed by atoms with Crippen molar-refractivity contribution in [3.05, 3.63) is 68.8 Å². The predicted molar refractivity (Wildman–Crippen MR) is 98.5 cm³/mol. The average Bonchev–Trinajstić information content (AvgIpc) is 3.02. The van der Waals surface area contributed by atoms with Crippen LogP contribution in [-0.4, -0.2) is 28.4 Å².